The molecule has 6 nitrogen and oxygen atoms in total. The molecule has 2 aromatic rings. The fourth-order valence-corrected chi connectivity index (χ4v) is 3.31. The topological polar surface area (TPSA) is 76.7 Å². The summed E-state index contributed by atoms with van der Waals surface area (Å²) in [6.07, 6.45) is 3.01. The van der Waals surface area contributed by atoms with Gasteiger partial charge in [-0.25, -0.2) is 0 Å². The van der Waals surface area contributed by atoms with Crippen LogP contribution in [0.3, 0.4) is 0 Å². The van der Waals surface area contributed by atoms with Crippen molar-refractivity contribution in [3.05, 3.63) is 75.8 Å². The van der Waals surface area contributed by atoms with Gasteiger partial charge in [-0.2, -0.15) is 0 Å². The Labute approximate surface area is 178 Å². The van der Waals surface area contributed by atoms with E-state index < -0.39 is 4.92 Å². The normalized spacial score (nSPS) is 11.6. The van der Waals surface area contributed by atoms with Crippen LogP contribution in [0.5, 0.6) is 0 Å². The summed E-state index contributed by atoms with van der Waals surface area (Å²) in [4.78, 5) is 24.6. The molecule has 2 aromatic carbocycles. The molecule has 0 radical (unpaired) electrons. The van der Waals surface area contributed by atoms with E-state index in [4.69, 9.17) is 0 Å². The molecular formula is C22H30ClN3O3. The molecular weight excluding hydrogens is 390 g/mol. The second-order valence-electron chi connectivity index (χ2n) is 6.94. The number of nitro benzene ring substituents is 1. The fourth-order valence-electron chi connectivity index (χ4n) is 3.31. The van der Waals surface area contributed by atoms with E-state index in [0.29, 0.717) is 5.56 Å². The van der Waals surface area contributed by atoms with Crippen LogP contribution in [0, 0.1) is 10.1 Å². The molecule has 1 amide bonds. The Morgan fingerprint density at radius 2 is 1.66 bits per heavy atom. The van der Waals surface area contributed by atoms with Crippen LogP contribution in [-0.2, 0) is 0 Å². The third kappa shape index (κ3) is 7.83. The summed E-state index contributed by atoms with van der Waals surface area (Å²) in [5.41, 5.74) is 1.49. The molecule has 1 atom stereocenters. The van der Waals surface area contributed by atoms with E-state index >= 15 is 0 Å². The van der Waals surface area contributed by atoms with Crippen molar-refractivity contribution in [3.63, 3.8) is 0 Å². The van der Waals surface area contributed by atoms with Crippen LogP contribution >= 0.6 is 0 Å². The summed E-state index contributed by atoms with van der Waals surface area (Å²) < 4.78 is 0. The largest absolute Gasteiger partial charge is 1.00 e. The van der Waals surface area contributed by atoms with Gasteiger partial charge in [0.1, 0.15) is 0 Å². The Kier molecular flexibility index (Phi) is 10.9. The number of rotatable bonds is 11. The van der Waals surface area contributed by atoms with Gasteiger partial charge in [0.2, 0.25) is 0 Å². The van der Waals surface area contributed by atoms with Gasteiger partial charge in [0, 0.05) is 17.7 Å². The van der Waals surface area contributed by atoms with Crippen molar-refractivity contribution in [2.24, 2.45) is 0 Å². The van der Waals surface area contributed by atoms with Crippen LogP contribution in [0.25, 0.3) is 0 Å². The first kappa shape index (κ1) is 24.6. The van der Waals surface area contributed by atoms with Crippen molar-refractivity contribution >= 4 is 11.6 Å². The Bertz CT molecular complexity index is 750. The zero-order valence-electron chi connectivity index (χ0n) is 17.1. The highest BCUT2D eigenvalue weighted by molar-refractivity contribution is 5.94. The van der Waals surface area contributed by atoms with Gasteiger partial charge in [0.05, 0.1) is 30.6 Å². The molecule has 0 fully saturated rings. The van der Waals surface area contributed by atoms with E-state index in [0.717, 1.165) is 44.5 Å². The maximum Gasteiger partial charge on any atom is 0.269 e. The first-order chi connectivity index (χ1) is 13.5. The van der Waals surface area contributed by atoms with E-state index in [9.17, 15) is 14.9 Å². The predicted molar refractivity (Wildman–Crippen MR) is 111 cm³/mol. The summed E-state index contributed by atoms with van der Waals surface area (Å²) in [7, 11) is 0. The van der Waals surface area contributed by atoms with Gasteiger partial charge in [0.15, 0.2) is 0 Å². The zero-order valence-corrected chi connectivity index (χ0v) is 17.8. The first-order valence-corrected chi connectivity index (χ1v) is 9.99. The highest BCUT2D eigenvalue weighted by atomic mass is 35.5. The van der Waals surface area contributed by atoms with Crippen molar-refractivity contribution < 1.29 is 27.0 Å². The average molecular weight is 420 g/mol. The highest BCUT2D eigenvalue weighted by Gasteiger charge is 2.17. The van der Waals surface area contributed by atoms with Gasteiger partial charge in [0.25, 0.3) is 11.6 Å². The molecule has 0 bridgehead atoms. The molecule has 2 rings (SSSR count). The summed E-state index contributed by atoms with van der Waals surface area (Å²) in [5, 5.41) is 13.9. The van der Waals surface area contributed by atoms with Crippen molar-refractivity contribution in [2.45, 2.75) is 39.2 Å². The molecule has 0 heterocycles. The number of halogens is 1. The lowest BCUT2D eigenvalue weighted by Crippen LogP contribution is -3.11. The average Bonchev–Trinajstić information content (AvgIpc) is 2.73. The van der Waals surface area contributed by atoms with Gasteiger partial charge in [-0.05, 0) is 50.8 Å². The predicted octanol–water partition coefficient (Wildman–Crippen LogP) is 0.165. The van der Waals surface area contributed by atoms with E-state index in [1.807, 2.05) is 30.3 Å². The number of nitro groups is 1. The van der Waals surface area contributed by atoms with Gasteiger partial charge in [-0.15, -0.1) is 0 Å². The maximum absolute atomic E-state index is 12.7. The van der Waals surface area contributed by atoms with E-state index in [1.165, 1.54) is 24.3 Å². The van der Waals surface area contributed by atoms with Gasteiger partial charge >= 0.3 is 0 Å². The number of hydrogen-bond acceptors (Lipinski definition) is 3. The third-order valence-corrected chi connectivity index (χ3v) is 5.12. The fraction of sp³-hybridized carbons (Fsp3) is 0.409. The molecule has 0 saturated carbocycles. The minimum Gasteiger partial charge on any atom is -1.00 e. The lowest BCUT2D eigenvalue weighted by Gasteiger charge is -2.20. The zero-order chi connectivity index (χ0) is 20.4. The van der Waals surface area contributed by atoms with Gasteiger partial charge in [-0.3, -0.25) is 14.9 Å². The lowest BCUT2D eigenvalue weighted by atomic mass is 10.00. The Morgan fingerprint density at radius 3 is 2.21 bits per heavy atom. The minimum atomic E-state index is -0.466. The number of nitrogens with one attached hydrogen (secondary N) is 2. The number of quaternary nitrogens is 1. The molecule has 0 aliphatic heterocycles. The van der Waals surface area contributed by atoms with E-state index in [-0.39, 0.29) is 30.0 Å². The van der Waals surface area contributed by atoms with Crippen LogP contribution in [0.15, 0.2) is 54.6 Å². The molecule has 29 heavy (non-hydrogen) atoms. The number of hydrogen-bond donors (Lipinski definition) is 2. The van der Waals surface area contributed by atoms with Crippen LogP contribution < -0.4 is 22.6 Å². The first-order valence-electron chi connectivity index (χ1n) is 9.99. The number of carbonyl (C=O) groups excluding carboxylic acids is 1. The second kappa shape index (κ2) is 12.9. The Hall–Kier alpha value is -2.44. The second-order valence-corrected chi connectivity index (χ2v) is 6.94. The van der Waals surface area contributed by atoms with Crippen molar-refractivity contribution in [1.82, 2.24) is 5.32 Å². The number of carbonyl (C=O) groups is 1. The molecule has 0 aliphatic carbocycles. The monoisotopic (exact) mass is 419 g/mol. The van der Waals surface area contributed by atoms with Crippen LogP contribution in [0.2, 0.25) is 0 Å². The highest BCUT2D eigenvalue weighted by Crippen LogP contribution is 2.20. The Morgan fingerprint density at radius 1 is 1.03 bits per heavy atom. The molecule has 158 valence electrons. The summed E-state index contributed by atoms with van der Waals surface area (Å²) in [6.45, 7) is 7.82. The molecule has 0 aromatic heterocycles. The van der Waals surface area contributed by atoms with Gasteiger partial charge < -0.3 is 22.6 Å². The van der Waals surface area contributed by atoms with Crippen molar-refractivity contribution in [3.8, 4) is 0 Å². The number of non-ortho nitro benzene ring substituents is 1. The molecule has 7 heteroatoms. The van der Waals surface area contributed by atoms with Crippen molar-refractivity contribution in [2.75, 3.05) is 19.6 Å². The number of nitrogens with zero attached hydrogens (tertiary/aromatic N) is 1. The SMILES string of the molecule is CC[NH+](CC)CCCCC(NC(=O)c1ccc([N+](=O)[O-])cc1)c1ccccc1.[Cl-]. The molecule has 1 unspecified atom stereocenters. The van der Waals surface area contributed by atoms with E-state index in [1.54, 1.807) is 4.90 Å². The molecule has 0 saturated heterocycles. The molecule has 2 N–H and O–H groups in total. The molecule has 0 aliphatic rings. The standard InChI is InChI=1S/C22H29N3O3.ClH/c1-3-24(4-2)17-9-8-12-21(18-10-6-5-7-11-18)23-22(26)19-13-15-20(16-14-19)25(27)28;/h5-7,10-11,13-16,21H,3-4,8-9,12,17H2,1-2H3,(H,23,26);1H. The van der Waals surface area contributed by atoms with E-state index in [2.05, 4.69) is 19.2 Å². The van der Waals surface area contributed by atoms with Crippen LogP contribution in [-0.4, -0.2) is 30.5 Å². The number of amides is 1. The number of benzene rings is 2. The lowest BCUT2D eigenvalue weighted by molar-refractivity contribution is -0.896. The van der Waals surface area contributed by atoms with Crippen molar-refractivity contribution in [1.29, 1.82) is 0 Å². The summed E-state index contributed by atoms with van der Waals surface area (Å²) in [6, 6.07) is 15.6. The smallest absolute Gasteiger partial charge is 0.269 e. The number of unbranched alkanes of at least 4 members (excludes halogenated alkanes) is 1. The van der Waals surface area contributed by atoms with Gasteiger partial charge in [-0.1, -0.05) is 30.3 Å². The summed E-state index contributed by atoms with van der Waals surface area (Å²) in [5.74, 6) is -0.210. The maximum atomic E-state index is 12.7. The quantitative estimate of drug-likeness (QED) is 0.309. The van der Waals surface area contributed by atoms with Crippen LogP contribution in [0.4, 0.5) is 5.69 Å². The Balaban J connectivity index is 0.00000420. The minimum absolute atomic E-state index is 0. The third-order valence-electron chi connectivity index (χ3n) is 5.12. The molecule has 0 spiro atoms. The summed E-state index contributed by atoms with van der Waals surface area (Å²) >= 11 is 0. The van der Waals surface area contributed by atoms with Crippen LogP contribution in [0.1, 0.15) is 55.1 Å².